The quantitative estimate of drug-likeness (QED) is 0.517. The third kappa shape index (κ3) is 4.69. The van der Waals surface area contributed by atoms with E-state index in [1.807, 2.05) is 13.0 Å². The SMILES string of the molecule is Cc1cccnc1NC(C)Oc1ccc(NS(=O)(=O)C(F)(F)F)c(O)c1. The van der Waals surface area contributed by atoms with E-state index < -0.39 is 33.2 Å². The van der Waals surface area contributed by atoms with Gasteiger partial charge in [-0.15, -0.1) is 0 Å². The molecule has 3 N–H and O–H groups in total. The highest BCUT2D eigenvalue weighted by molar-refractivity contribution is 7.93. The molecule has 1 unspecified atom stereocenters. The van der Waals surface area contributed by atoms with E-state index in [2.05, 4.69) is 10.3 Å². The molecule has 0 bridgehead atoms. The summed E-state index contributed by atoms with van der Waals surface area (Å²) in [4.78, 5) is 4.13. The van der Waals surface area contributed by atoms with E-state index in [9.17, 15) is 26.7 Å². The maximum absolute atomic E-state index is 12.4. The molecule has 0 aliphatic heterocycles. The molecule has 1 aromatic heterocycles. The number of benzene rings is 1. The second-order valence-electron chi connectivity index (χ2n) is 5.30. The first kappa shape index (κ1) is 19.6. The molecule has 1 heterocycles. The van der Waals surface area contributed by atoms with Crippen LogP contribution in [0, 0.1) is 6.92 Å². The summed E-state index contributed by atoms with van der Waals surface area (Å²) in [6, 6.07) is 6.79. The van der Waals surface area contributed by atoms with Gasteiger partial charge in [-0.25, -0.2) is 4.98 Å². The Kier molecular flexibility index (Phi) is 5.50. The minimum Gasteiger partial charge on any atom is -0.506 e. The minimum absolute atomic E-state index is 0.117. The average Bonchev–Trinajstić information content (AvgIpc) is 2.51. The molecule has 2 rings (SSSR count). The molecule has 1 aromatic carbocycles. The van der Waals surface area contributed by atoms with Gasteiger partial charge in [-0.05, 0) is 37.6 Å². The molecule has 0 spiro atoms. The highest BCUT2D eigenvalue weighted by atomic mass is 32.2. The molecule has 26 heavy (non-hydrogen) atoms. The molecule has 0 saturated carbocycles. The number of nitrogens with zero attached hydrogens (tertiary/aromatic N) is 1. The number of sulfonamides is 1. The predicted octanol–water partition coefficient (Wildman–Crippen LogP) is 3.19. The van der Waals surface area contributed by atoms with Gasteiger partial charge in [0.15, 0.2) is 6.23 Å². The Bertz CT molecular complexity index is 888. The van der Waals surface area contributed by atoms with Crippen LogP contribution in [0.5, 0.6) is 11.5 Å². The Balaban J connectivity index is 2.09. The van der Waals surface area contributed by atoms with Crippen LogP contribution in [0.2, 0.25) is 0 Å². The van der Waals surface area contributed by atoms with Crippen LogP contribution in [0.15, 0.2) is 36.5 Å². The zero-order valence-electron chi connectivity index (χ0n) is 13.7. The molecule has 0 aliphatic rings. The second kappa shape index (κ2) is 7.28. The number of phenols is 1. The van der Waals surface area contributed by atoms with Gasteiger partial charge in [0.25, 0.3) is 0 Å². The summed E-state index contributed by atoms with van der Waals surface area (Å²) >= 11 is 0. The highest BCUT2D eigenvalue weighted by Gasteiger charge is 2.46. The number of ether oxygens (including phenoxy) is 1. The van der Waals surface area contributed by atoms with Crippen molar-refractivity contribution in [3.8, 4) is 11.5 Å². The molecule has 2 aromatic rings. The number of nitrogens with one attached hydrogen (secondary N) is 2. The molecule has 0 amide bonds. The summed E-state index contributed by atoms with van der Waals surface area (Å²) < 4.78 is 66.0. The van der Waals surface area contributed by atoms with E-state index in [-0.39, 0.29) is 5.75 Å². The van der Waals surface area contributed by atoms with E-state index in [1.165, 1.54) is 10.8 Å². The van der Waals surface area contributed by atoms with Gasteiger partial charge < -0.3 is 15.2 Å². The van der Waals surface area contributed by atoms with Crippen LogP contribution in [0.3, 0.4) is 0 Å². The van der Waals surface area contributed by atoms with Crippen LogP contribution in [0.4, 0.5) is 24.7 Å². The Morgan fingerprint density at radius 3 is 2.54 bits per heavy atom. The summed E-state index contributed by atoms with van der Waals surface area (Å²) in [6.07, 6.45) is 1.01. The first-order valence-electron chi connectivity index (χ1n) is 7.26. The number of halogens is 3. The van der Waals surface area contributed by atoms with Gasteiger partial charge in [0, 0.05) is 12.3 Å². The van der Waals surface area contributed by atoms with Crippen LogP contribution >= 0.6 is 0 Å². The predicted molar refractivity (Wildman–Crippen MR) is 89.4 cm³/mol. The molecule has 1 atom stereocenters. The summed E-state index contributed by atoms with van der Waals surface area (Å²) in [5, 5.41) is 12.7. The van der Waals surface area contributed by atoms with E-state index in [0.29, 0.717) is 5.82 Å². The lowest BCUT2D eigenvalue weighted by molar-refractivity contribution is -0.0429. The van der Waals surface area contributed by atoms with Crippen molar-refractivity contribution in [3.05, 3.63) is 42.1 Å². The number of pyridine rings is 1. The zero-order chi connectivity index (χ0) is 19.5. The number of alkyl halides is 3. The largest absolute Gasteiger partial charge is 0.516 e. The Labute approximate surface area is 147 Å². The number of anilines is 2. The van der Waals surface area contributed by atoms with Crippen LogP contribution in [-0.4, -0.2) is 30.2 Å². The van der Waals surface area contributed by atoms with Gasteiger partial charge in [-0.2, -0.15) is 21.6 Å². The topological polar surface area (TPSA) is 101 Å². The monoisotopic (exact) mass is 391 g/mol. The fourth-order valence-corrected chi connectivity index (χ4v) is 2.51. The average molecular weight is 391 g/mol. The molecule has 7 nitrogen and oxygen atoms in total. The minimum atomic E-state index is -5.63. The van der Waals surface area contributed by atoms with E-state index in [1.54, 1.807) is 19.2 Å². The maximum atomic E-state index is 12.4. The third-order valence-corrected chi connectivity index (χ3v) is 4.28. The Morgan fingerprint density at radius 1 is 1.27 bits per heavy atom. The fraction of sp³-hybridized carbons (Fsp3) is 0.267. The molecule has 142 valence electrons. The number of aryl methyl sites for hydroxylation is 1. The van der Waals surface area contributed by atoms with Crippen LogP contribution in [0.1, 0.15) is 12.5 Å². The lowest BCUT2D eigenvalue weighted by Gasteiger charge is -2.18. The van der Waals surface area contributed by atoms with Crippen molar-refractivity contribution >= 4 is 21.5 Å². The third-order valence-electron chi connectivity index (χ3n) is 3.18. The lowest BCUT2D eigenvalue weighted by Crippen LogP contribution is -2.29. The summed E-state index contributed by atoms with van der Waals surface area (Å²) in [7, 11) is -5.63. The van der Waals surface area contributed by atoms with Crippen molar-refractivity contribution < 1.29 is 31.4 Å². The summed E-state index contributed by atoms with van der Waals surface area (Å²) in [5.74, 6) is -0.0126. The van der Waals surface area contributed by atoms with Gasteiger partial charge in [0.1, 0.15) is 17.3 Å². The number of aromatic hydroxyl groups is 1. The number of hydrogen-bond acceptors (Lipinski definition) is 6. The molecular formula is C15H16F3N3O4S. The van der Waals surface area contributed by atoms with Crippen molar-refractivity contribution in [3.63, 3.8) is 0 Å². The van der Waals surface area contributed by atoms with E-state index >= 15 is 0 Å². The second-order valence-corrected chi connectivity index (χ2v) is 6.98. The van der Waals surface area contributed by atoms with Crippen LogP contribution in [-0.2, 0) is 10.0 Å². The van der Waals surface area contributed by atoms with Gasteiger partial charge in [0.05, 0.1) is 5.69 Å². The number of rotatable bonds is 6. The van der Waals surface area contributed by atoms with Crippen molar-refractivity contribution in [1.29, 1.82) is 0 Å². The first-order valence-corrected chi connectivity index (χ1v) is 8.75. The molecule has 0 fully saturated rings. The molecule has 0 aliphatic carbocycles. The summed E-state index contributed by atoms with van der Waals surface area (Å²) in [5.41, 5.74) is -5.23. The number of aromatic nitrogens is 1. The van der Waals surface area contributed by atoms with Gasteiger partial charge in [0.2, 0.25) is 0 Å². The van der Waals surface area contributed by atoms with Crippen molar-refractivity contribution in [2.24, 2.45) is 0 Å². The van der Waals surface area contributed by atoms with Crippen molar-refractivity contribution in [1.82, 2.24) is 4.98 Å². The van der Waals surface area contributed by atoms with E-state index in [0.717, 1.165) is 17.7 Å². The normalized spacial score (nSPS) is 13.1. The molecule has 11 heteroatoms. The molecular weight excluding hydrogens is 375 g/mol. The Hall–Kier alpha value is -2.69. The zero-order valence-corrected chi connectivity index (χ0v) is 14.5. The Morgan fingerprint density at radius 2 is 1.96 bits per heavy atom. The fourth-order valence-electron chi connectivity index (χ4n) is 1.94. The van der Waals surface area contributed by atoms with Gasteiger partial charge in [-0.1, -0.05) is 6.07 Å². The molecule has 0 saturated heterocycles. The smallest absolute Gasteiger partial charge is 0.506 e. The lowest BCUT2D eigenvalue weighted by atomic mass is 10.3. The van der Waals surface area contributed by atoms with E-state index in [4.69, 9.17) is 4.74 Å². The number of phenolic OH excluding ortho intramolecular Hbond substituents is 1. The standard InChI is InChI=1S/C15H16F3N3O4S/c1-9-4-3-7-19-14(9)20-10(2)25-11-5-6-12(13(22)8-11)21-26(23,24)15(16,17)18/h3-8,10,21-22H,1-2H3,(H,19,20). The van der Waals surface area contributed by atoms with Crippen LogP contribution in [0.25, 0.3) is 0 Å². The first-order chi connectivity index (χ1) is 12.0. The van der Waals surface area contributed by atoms with Crippen molar-refractivity contribution in [2.75, 3.05) is 10.0 Å². The highest BCUT2D eigenvalue weighted by Crippen LogP contribution is 2.32. The van der Waals surface area contributed by atoms with Gasteiger partial charge in [-0.3, -0.25) is 4.72 Å². The maximum Gasteiger partial charge on any atom is 0.516 e. The number of hydrogen-bond donors (Lipinski definition) is 3. The van der Waals surface area contributed by atoms with Crippen LogP contribution < -0.4 is 14.8 Å². The summed E-state index contributed by atoms with van der Waals surface area (Å²) in [6.45, 7) is 3.50. The molecule has 0 radical (unpaired) electrons. The van der Waals surface area contributed by atoms with Crippen molar-refractivity contribution in [2.45, 2.75) is 25.6 Å². The van der Waals surface area contributed by atoms with Gasteiger partial charge >= 0.3 is 15.5 Å².